The monoisotopic (exact) mass is 325 g/mol. The predicted molar refractivity (Wildman–Crippen MR) is 91.8 cm³/mol. The van der Waals surface area contributed by atoms with Crippen molar-refractivity contribution in [3.8, 4) is 0 Å². The molecular formula is C18H28ClNO2. The van der Waals surface area contributed by atoms with Gasteiger partial charge in [0.05, 0.1) is 5.56 Å². The maximum atomic E-state index is 10.9. The number of nitrogens with zero attached hydrogens (tertiary/aromatic N) is 1. The predicted octanol–water partition coefficient (Wildman–Crippen LogP) is 5.90. The van der Waals surface area contributed by atoms with Gasteiger partial charge in [-0.25, -0.2) is 9.78 Å². The van der Waals surface area contributed by atoms with Crippen LogP contribution in [0.15, 0.2) is 12.1 Å². The molecule has 1 rings (SSSR count). The Balaban J connectivity index is 2.07. The summed E-state index contributed by atoms with van der Waals surface area (Å²) in [7, 11) is 0. The summed E-state index contributed by atoms with van der Waals surface area (Å²) < 4.78 is 0. The summed E-state index contributed by atoms with van der Waals surface area (Å²) in [4.78, 5) is 15.0. The fourth-order valence-corrected chi connectivity index (χ4v) is 2.82. The molecule has 0 aliphatic carbocycles. The molecule has 22 heavy (non-hydrogen) atoms. The quantitative estimate of drug-likeness (QED) is 0.384. The van der Waals surface area contributed by atoms with E-state index in [-0.39, 0.29) is 10.7 Å². The molecule has 0 aliphatic heterocycles. The van der Waals surface area contributed by atoms with Gasteiger partial charge >= 0.3 is 5.97 Å². The number of aromatic nitrogens is 1. The molecule has 0 unspecified atom stereocenters. The SMILES string of the molecule is CCCCCCCCCCCCc1ccc(C(=O)O)c(Cl)n1. The van der Waals surface area contributed by atoms with Gasteiger partial charge < -0.3 is 5.11 Å². The van der Waals surface area contributed by atoms with Gasteiger partial charge in [-0.3, -0.25) is 0 Å². The Labute approximate surface area is 139 Å². The number of carboxylic acids is 1. The molecule has 0 atom stereocenters. The normalized spacial score (nSPS) is 10.8. The second-order valence-corrected chi connectivity index (χ2v) is 6.24. The van der Waals surface area contributed by atoms with Crippen molar-refractivity contribution in [2.75, 3.05) is 0 Å². The van der Waals surface area contributed by atoms with E-state index in [0.29, 0.717) is 0 Å². The Morgan fingerprint density at radius 1 is 1.00 bits per heavy atom. The second-order valence-electron chi connectivity index (χ2n) is 5.88. The van der Waals surface area contributed by atoms with Crippen molar-refractivity contribution in [1.29, 1.82) is 0 Å². The van der Waals surface area contributed by atoms with Crippen LogP contribution in [0, 0.1) is 0 Å². The molecule has 0 radical (unpaired) electrons. The zero-order chi connectivity index (χ0) is 16.2. The first kappa shape index (κ1) is 19.0. The van der Waals surface area contributed by atoms with Crippen molar-refractivity contribution >= 4 is 17.6 Å². The molecule has 0 saturated carbocycles. The molecule has 1 heterocycles. The third-order valence-corrected chi connectivity index (χ3v) is 4.21. The molecule has 124 valence electrons. The van der Waals surface area contributed by atoms with Crippen LogP contribution in [0.25, 0.3) is 0 Å². The standard InChI is InChI=1S/C18H28ClNO2/c1-2-3-4-5-6-7-8-9-10-11-12-15-13-14-16(18(21)22)17(19)20-15/h13-14H,2-12H2,1H3,(H,21,22). The highest BCUT2D eigenvalue weighted by molar-refractivity contribution is 6.32. The molecule has 0 aliphatic rings. The van der Waals surface area contributed by atoms with Crippen LogP contribution >= 0.6 is 11.6 Å². The maximum absolute atomic E-state index is 10.9. The van der Waals surface area contributed by atoms with Crippen LogP contribution in [0.3, 0.4) is 0 Å². The van der Waals surface area contributed by atoms with E-state index < -0.39 is 5.97 Å². The topological polar surface area (TPSA) is 50.2 Å². The lowest BCUT2D eigenvalue weighted by molar-refractivity contribution is 0.0696. The summed E-state index contributed by atoms with van der Waals surface area (Å²) in [5, 5.41) is 8.99. The number of aryl methyl sites for hydroxylation is 1. The van der Waals surface area contributed by atoms with E-state index in [2.05, 4.69) is 11.9 Å². The zero-order valence-electron chi connectivity index (χ0n) is 13.6. The highest BCUT2D eigenvalue weighted by atomic mass is 35.5. The van der Waals surface area contributed by atoms with Gasteiger partial charge in [-0.2, -0.15) is 0 Å². The zero-order valence-corrected chi connectivity index (χ0v) is 14.4. The van der Waals surface area contributed by atoms with Crippen molar-refractivity contribution in [3.05, 3.63) is 28.5 Å². The molecule has 1 aromatic rings. The van der Waals surface area contributed by atoms with E-state index in [1.807, 2.05) is 0 Å². The smallest absolute Gasteiger partial charge is 0.338 e. The number of halogens is 1. The Bertz CT molecular complexity index is 449. The number of carbonyl (C=O) groups is 1. The van der Waals surface area contributed by atoms with Gasteiger partial charge in [0.25, 0.3) is 0 Å². The minimum atomic E-state index is -1.03. The molecule has 0 fully saturated rings. The van der Waals surface area contributed by atoms with Crippen molar-refractivity contribution in [1.82, 2.24) is 4.98 Å². The van der Waals surface area contributed by atoms with E-state index in [1.54, 1.807) is 12.1 Å². The van der Waals surface area contributed by atoms with Gasteiger partial charge in [0.15, 0.2) is 0 Å². The molecule has 4 heteroatoms. The van der Waals surface area contributed by atoms with Crippen LogP contribution in [0.5, 0.6) is 0 Å². The number of unbranched alkanes of at least 4 members (excludes halogenated alkanes) is 9. The molecular weight excluding hydrogens is 298 g/mol. The Morgan fingerprint density at radius 3 is 2.05 bits per heavy atom. The lowest BCUT2D eigenvalue weighted by atomic mass is 10.0. The van der Waals surface area contributed by atoms with Gasteiger partial charge in [-0.1, -0.05) is 76.3 Å². The van der Waals surface area contributed by atoms with Crippen molar-refractivity contribution < 1.29 is 9.90 Å². The van der Waals surface area contributed by atoms with Crippen LogP contribution in [0.2, 0.25) is 5.15 Å². The largest absolute Gasteiger partial charge is 0.478 e. The van der Waals surface area contributed by atoms with Gasteiger partial charge in [-0.05, 0) is 25.0 Å². The van der Waals surface area contributed by atoms with Crippen LogP contribution in [-0.4, -0.2) is 16.1 Å². The van der Waals surface area contributed by atoms with E-state index >= 15 is 0 Å². The molecule has 0 amide bonds. The summed E-state index contributed by atoms with van der Waals surface area (Å²) in [6, 6.07) is 3.31. The van der Waals surface area contributed by atoms with E-state index in [0.717, 1.165) is 18.5 Å². The Hall–Kier alpha value is -1.09. The first-order valence-electron chi connectivity index (χ1n) is 8.54. The summed E-state index contributed by atoms with van der Waals surface area (Å²) in [5.41, 5.74) is 0.961. The third-order valence-electron chi connectivity index (χ3n) is 3.92. The average molecular weight is 326 g/mol. The lowest BCUT2D eigenvalue weighted by Gasteiger charge is -2.04. The second kappa shape index (κ2) is 11.5. The van der Waals surface area contributed by atoms with Crippen molar-refractivity contribution in [3.63, 3.8) is 0 Å². The molecule has 0 bridgehead atoms. The van der Waals surface area contributed by atoms with E-state index in [4.69, 9.17) is 16.7 Å². The number of carboxylic acid groups (broad SMARTS) is 1. The summed E-state index contributed by atoms with van der Waals surface area (Å²) in [6.07, 6.45) is 13.9. The van der Waals surface area contributed by atoms with Crippen LogP contribution in [0.1, 0.15) is 87.2 Å². The number of hydrogen-bond acceptors (Lipinski definition) is 2. The first-order valence-corrected chi connectivity index (χ1v) is 8.91. The number of rotatable bonds is 12. The lowest BCUT2D eigenvalue weighted by Crippen LogP contribution is -2.01. The molecule has 1 aromatic heterocycles. The van der Waals surface area contributed by atoms with Crippen molar-refractivity contribution in [2.45, 2.75) is 77.6 Å². The molecule has 1 N–H and O–H groups in total. The Morgan fingerprint density at radius 2 is 1.55 bits per heavy atom. The van der Waals surface area contributed by atoms with Crippen LogP contribution < -0.4 is 0 Å². The van der Waals surface area contributed by atoms with Gasteiger partial charge in [0.2, 0.25) is 0 Å². The number of pyridine rings is 1. The van der Waals surface area contributed by atoms with Gasteiger partial charge in [-0.15, -0.1) is 0 Å². The van der Waals surface area contributed by atoms with E-state index in [9.17, 15) is 4.79 Å². The van der Waals surface area contributed by atoms with E-state index in [1.165, 1.54) is 57.8 Å². The highest BCUT2D eigenvalue weighted by Gasteiger charge is 2.10. The molecule has 0 aromatic carbocycles. The minimum Gasteiger partial charge on any atom is -0.478 e. The number of hydrogen-bond donors (Lipinski definition) is 1. The van der Waals surface area contributed by atoms with Crippen LogP contribution in [-0.2, 0) is 6.42 Å². The first-order chi connectivity index (χ1) is 10.6. The number of aromatic carboxylic acids is 1. The van der Waals surface area contributed by atoms with Gasteiger partial charge in [0.1, 0.15) is 5.15 Å². The average Bonchev–Trinajstić information content (AvgIpc) is 2.49. The molecule has 0 spiro atoms. The molecule has 3 nitrogen and oxygen atoms in total. The van der Waals surface area contributed by atoms with Gasteiger partial charge in [0, 0.05) is 5.69 Å². The minimum absolute atomic E-state index is 0.0773. The van der Waals surface area contributed by atoms with Crippen molar-refractivity contribution in [2.24, 2.45) is 0 Å². The summed E-state index contributed by atoms with van der Waals surface area (Å²) >= 11 is 5.87. The highest BCUT2D eigenvalue weighted by Crippen LogP contribution is 2.16. The summed E-state index contributed by atoms with van der Waals surface area (Å²) in [5.74, 6) is -1.03. The maximum Gasteiger partial charge on any atom is 0.338 e. The molecule has 0 saturated heterocycles. The fraction of sp³-hybridized carbons (Fsp3) is 0.667. The van der Waals surface area contributed by atoms with Crippen LogP contribution in [0.4, 0.5) is 0 Å². The summed E-state index contributed by atoms with van der Waals surface area (Å²) in [6.45, 7) is 2.25. The third kappa shape index (κ3) is 7.79. The Kier molecular flexibility index (Phi) is 9.89. The fourth-order valence-electron chi connectivity index (χ4n) is 2.56.